The van der Waals surface area contributed by atoms with Crippen LogP contribution in [0.25, 0.3) is 11.0 Å². The lowest BCUT2D eigenvalue weighted by atomic mass is 9.83. The Morgan fingerprint density at radius 3 is 2.37 bits per heavy atom. The largest absolute Gasteiger partial charge is 0.444 e. The average molecular weight is 598 g/mol. The van der Waals surface area contributed by atoms with Crippen molar-refractivity contribution in [2.75, 3.05) is 26.7 Å². The standard InChI is InChI=1S/C32H47N5O6/c1-31(2,3)43-29(40)33-23-9-6-21(7-10-23)20-36-16-14-32(42-5,15-17-36)19-22-8-11-24-26(18-22)35(4)30(41)37(24)25-12-13-27(38)34-28(25)39/h8,11,18,21,23,25H,6-7,9-10,12-17,19-20H2,1-5H3,(H,33,40)(H,34,38,39). The second-order valence-electron chi connectivity index (χ2n) is 13.7. The molecular formula is C32H47N5O6. The van der Waals surface area contributed by atoms with Crippen molar-refractivity contribution in [3.05, 3.63) is 34.2 Å². The molecular weight excluding hydrogens is 550 g/mol. The van der Waals surface area contributed by atoms with Crippen LogP contribution in [0.3, 0.4) is 0 Å². The second kappa shape index (κ2) is 12.4. The number of alkyl carbamates (subject to hydrolysis) is 1. The van der Waals surface area contributed by atoms with Gasteiger partial charge in [-0.2, -0.15) is 0 Å². The molecule has 1 aromatic carbocycles. The fourth-order valence-corrected chi connectivity index (χ4v) is 7.05. The Bertz CT molecular complexity index is 1410. The van der Waals surface area contributed by atoms with E-state index in [0.29, 0.717) is 17.9 Å². The van der Waals surface area contributed by atoms with E-state index in [9.17, 15) is 19.2 Å². The number of benzene rings is 1. The van der Waals surface area contributed by atoms with Gasteiger partial charge in [-0.3, -0.25) is 24.0 Å². The first-order valence-electron chi connectivity index (χ1n) is 15.7. The summed E-state index contributed by atoms with van der Waals surface area (Å²) in [4.78, 5) is 52.0. The summed E-state index contributed by atoms with van der Waals surface area (Å²) < 4.78 is 14.7. The number of carbonyl (C=O) groups excluding carboxylic acids is 3. The van der Waals surface area contributed by atoms with Gasteiger partial charge >= 0.3 is 11.8 Å². The highest BCUT2D eigenvalue weighted by molar-refractivity contribution is 6.00. The minimum absolute atomic E-state index is 0.186. The third-order valence-electron chi connectivity index (χ3n) is 9.49. The number of fused-ring (bicyclic) bond motifs is 1. The molecule has 5 rings (SSSR count). The second-order valence-corrected chi connectivity index (χ2v) is 13.7. The van der Waals surface area contributed by atoms with Gasteiger partial charge in [-0.25, -0.2) is 9.59 Å². The fourth-order valence-electron chi connectivity index (χ4n) is 7.05. The van der Waals surface area contributed by atoms with E-state index in [1.165, 1.54) is 4.57 Å². The fraction of sp³-hybridized carbons (Fsp3) is 0.688. The van der Waals surface area contributed by atoms with E-state index < -0.39 is 17.6 Å². The first kappa shape index (κ1) is 31.3. The van der Waals surface area contributed by atoms with Gasteiger partial charge in [0.15, 0.2) is 0 Å². The molecule has 2 aromatic rings. The van der Waals surface area contributed by atoms with Crippen LogP contribution in [-0.4, -0.2) is 75.9 Å². The SMILES string of the molecule is COC1(Cc2ccc3c(c2)n(C)c(=O)n3C2CCC(=O)NC2=O)CCN(CC2CCC(NC(=O)OC(C)(C)C)CC2)CC1. The lowest BCUT2D eigenvalue weighted by Crippen LogP contribution is -2.48. The van der Waals surface area contributed by atoms with E-state index in [0.717, 1.165) is 75.7 Å². The number of piperidine rings is 2. The smallest absolute Gasteiger partial charge is 0.407 e. The highest BCUT2D eigenvalue weighted by Gasteiger charge is 2.37. The van der Waals surface area contributed by atoms with Crippen LogP contribution in [0.4, 0.5) is 4.79 Å². The van der Waals surface area contributed by atoms with E-state index in [1.54, 1.807) is 18.7 Å². The minimum atomic E-state index is -0.689. The van der Waals surface area contributed by atoms with Gasteiger partial charge < -0.3 is 19.7 Å². The highest BCUT2D eigenvalue weighted by atomic mass is 16.6. The molecule has 43 heavy (non-hydrogen) atoms. The summed E-state index contributed by atoms with van der Waals surface area (Å²) in [6.45, 7) is 8.65. The van der Waals surface area contributed by atoms with Gasteiger partial charge in [-0.1, -0.05) is 6.07 Å². The molecule has 1 unspecified atom stereocenters. The number of likely N-dealkylation sites (tertiary alicyclic amines) is 1. The number of nitrogens with zero attached hydrogens (tertiary/aromatic N) is 3. The van der Waals surface area contributed by atoms with Crippen LogP contribution >= 0.6 is 0 Å². The topological polar surface area (TPSA) is 124 Å². The first-order chi connectivity index (χ1) is 20.4. The lowest BCUT2D eigenvalue weighted by Gasteiger charge is -2.42. The van der Waals surface area contributed by atoms with Crippen molar-refractivity contribution in [3.63, 3.8) is 0 Å². The molecule has 1 aliphatic carbocycles. The number of rotatable bonds is 7. The van der Waals surface area contributed by atoms with E-state index in [2.05, 4.69) is 15.5 Å². The quantitative estimate of drug-likeness (QED) is 0.469. The van der Waals surface area contributed by atoms with E-state index in [1.807, 2.05) is 39.0 Å². The van der Waals surface area contributed by atoms with Gasteiger partial charge in [0.2, 0.25) is 11.8 Å². The number of ether oxygens (including phenoxy) is 2. The zero-order valence-electron chi connectivity index (χ0n) is 26.2. The van der Waals surface area contributed by atoms with Gasteiger partial charge in [0.25, 0.3) is 0 Å². The average Bonchev–Trinajstić information content (AvgIpc) is 3.19. The Kier molecular flexibility index (Phi) is 9.04. The Labute approximate surface area is 253 Å². The molecule has 1 saturated carbocycles. The summed E-state index contributed by atoms with van der Waals surface area (Å²) in [5.41, 5.74) is 1.54. The van der Waals surface area contributed by atoms with Gasteiger partial charge in [-0.05, 0) is 89.3 Å². The van der Waals surface area contributed by atoms with Gasteiger partial charge in [-0.15, -0.1) is 0 Å². The number of hydrogen-bond acceptors (Lipinski definition) is 7. The molecule has 1 aromatic heterocycles. The van der Waals surface area contributed by atoms with Gasteiger partial charge in [0.05, 0.1) is 16.6 Å². The molecule has 2 aliphatic heterocycles. The lowest BCUT2D eigenvalue weighted by molar-refractivity contribution is -0.135. The summed E-state index contributed by atoms with van der Waals surface area (Å²) in [5, 5.41) is 5.40. The van der Waals surface area contributed by atoms with Crippen LogP contribution in [0.2, 0.25) is 0 Å². The molecule has 3 aliphatic rings. The first-order valence-corrected chi connectivity index (χ1v) is 15.7. The molecule has 236 valence electrons. The Morgan fingerprint density at radius 1 is 1.05 bits per heavy atom. The Balaban J connectivity index is 1.16. The molecule has 3 heterocycles. The van der Waals surface area contributed by atoms with Crippen molar-refractivity contribution < 1.29 is 23.9 Å². The molecule has 0 bridgehead atoms. The molecule has 2 N–H and O–H groups in total. The summed E-state index contributed by atoms with van der Waals surface area (Å²) in [6, 6.07) is 5.48. The molecule has 11 heteroatoms. The predicted molar refractivity (Wildman–Crippen MR) is 163 cm³/mol. The number of amides is 3. The summed E-state index contributed by atoms with van der Waals surface area (Å²) >= 11 is 0. The van der Waals surface area contributed by atoms with Crippen molar-refractivity contribution in [2.24, 2.45) is 13.0 Å². The minimum Gasteiger partial charge on any atom is -0.444 e. The van der Waals surface area contributed by atoms with Gasteiger partial charge in [0.1, 0.15) is 11.6 Å². The normalized spacial score (nSPS) is 25.0. The molecule has 0 spiro atoms. The number of methoxy groups -OCH3 is 1. The maximum Gasteiger partial charge on any atom is 0.407 e. The Hall–Kier alpha value is -3.18. The van der Waals surface area contributed by atoms with Crippen LogP contribution in [0, 0.1) is 5.92 Å². The zero-order chi connectivity index (χ0) is 30.9. The predicted octanol–water partition coefficient (Wildman–Crippen LogP) is 3.42. The molecule has 3 amide bonds. The maximum atomic E-state index is 13.2. The molecule has 0 radical (unpaired) electrons. The third-order valence-corrected chi connectivity index (χ3v) is 9.49. The van der Waals surface area contributed by atoms with Crippen molar-refractivity contribution in [3.8, 4) is 0 Å². The van der Waals surface area contributed by atoms with Crippen LogP contribution in [0.5, 0.6) is 0 Å². The van der Waals surface area contributed by atoms with Crippen LogP contribution in [-0.2, 0) is 32.5 Å². The van der Waals surface area contributed by atoms with Crippen LogP contribution in [0.1, 0.15) is 83.7 Å². The monoisotopic (exact) mass is 597 g/mol. The van der Waals surface area contributed by atoms with Crippen molar-refractivity contribution in [1.29, 1.82) is 0 Å². The number of aromatic nitrogens is 2. The Morgan fingerprint density at radius 2 is 1.74 bits per heavy atom. The van der Waals surface area contributed by atoms with E-state index in [-0.39, 0.29) is 35.8 Å². The zero-order valence-corrected chi connectivity index (χ0v) is 26.2. The molecule has 2 saturated heterocycles. The third kappa shape index (κ3) is 7.15. The molecule has 1 atom stereocenters. The number of aryl methyl sites for hydroxylation is 1. The number of hydrogen-bond donors (Lipinski definition) is 2. The van der Waals surface area contributed by atoms with Crippen molar-refractivity contribution in [2.45, 2.75) is 102 Å². The number of carbonyl (C=O) groups is 3. The summed E-state index contributed by atoms with van der Waals surface area (Å²) in [6.07, 6.45) is 6.97. The van der Waals surface area contributed by atoms with Crippen LogP contribution in [0.15, 0.2) is 23.0 Å². The number of imidazole rings is 1. The van der Waals surface area contributed by atoms with Gasteiger partial charge in [0, 0.05) is 52.7 Å². The van der Waals surface area contributed by atoms with E-state index >= 15 is 0 Å². The molecule has 3 fully saturated rings. The molecule has 11 nitrogen and oxygen atoms in total. The number of imide groups is 1. The number of nitrogens with one attached hydrogen (secondary N) is 2. The highest BCUT2D eigenvalue weighted by Crippen LogP contribution is 2.33. The summed E-state index contributed by atoms with van der Waals surface area (Å²) in [7, 11) is 3.52. The van der Waals surface area contributed by atoms with Crippen molar-refractivity contribution >= 4 is 28.9 Å². The maximum absolute atomic E-state index is 13.2. The van der Waals surface area contributed by atoms with Crippen molar-refractivity contribution in [1.82, 2.24) is 24.7 Å². The van der Waals surface area contributed by atoms with Crippen LogP contribution < -0.4 is 16.3 Å². The van der Waals surface area contributed by atoms with E-state index in [4.69, 9.17) is 9.47 Å². The summed E-state index contributed by atoms with van der Waals surface area (Å²) in [5.74, 6) is -0.0953.